The summed E-state index contributed by atoms with van der Waals surface area (Å²) in [6.07, 6.45) is 3.61. The van der Waals surface area contributed by atoms with Gasteiger partial charge in [-0.2, -0.15) is 0 Å². The smallest absolute Gasteiger partial charge is 0.123 e. The SMILES string of the molecule is COCCNCc1cc(F)ccc1-n1ccnc1C. The van der Waals surface area contributed by atoms with Crippen LogP contribution in [0.2, 0.25) is 0 Å². The molecule has 0 amide bonds. The molecule has 0 radical (unpaired) electrons. The quantitative estimate of drug-likeness (QED) is 0.811. The van der Waals surface area contributed by atoms with Gasteiger partial charge in [0.25, 0.3) is 0 Å². The number of imidazole rings is 1. The molecular weight excluding hydrogens is 245 g/mol. The van der Waals surface area contributed by atoms with Crippen LogP contribution in [-0.2, 0) is 11.3 Å². The first-order valence-electron chi connectivity index (χ1n) is 6.21. The van der Waals surface area contributed by atoms with Crippen molar-refractivity contribution >= 4 is 0 Å². The van der Waals surface area contributed by atoms with E-state index in [-0.39, 0.29) is 5.82 Å². The largest absolute Gasteiger partial charge is 0.383 e. The van der Waals surface area contributed by atoms with Crippen LogP contribution in [-0.4, -0.2) is 29.8 Å². The molecule has 5 heteroatoms. The second kappa shape index (κ2) is 6.45. The molecule has 102 valence electrons. The van der Waals surface area contributed by atoms with Gasteiger partial charge in [-0.05, 0) is 30.7 Å². The Morgan fingerprint density at radius 1 is 1.42 bits per heavy atom. The second-order valence-corrected chi connectivity index (χ2v) is 4.29. The Labute approximate surface area is 112 Å². The second-order valence-electron chi connectivity index (χ2n) is 4.29. The summed E-state index contributed by atoms with van der Waals surface area (Å²) in [5, 5.41) is 3.23. The number of rotatable bonds is 6. The molecule has 0 unspecified atom stereocenters. The number of ether oxygens (including phenoxy) is 1. The van der Waals surface area contributed by atoms with Crippen LogP contribution >= 0.6 is 0 Å². The highest BCUT2D eigenvalue weighted by Gasteiger charge is 2.08. The lowest BCUT2D eigenvalue weighted by Gasteiger charge is -2.13. The molecule has 19 heavy (non-hydrogen) atoms. The molecule has 1 heterocycles. The lowest BCUT2D eigenvalue weighted by molar-refractivity contribution is 0.199. The van der Waals surface area contributed by atoms with Gasteiger partial charge in [-0.25, -0.2) is 9.37 Å². The third-order valence-electron chi connectivity index (χ3n) is 2.93. The number of methoxy groups -OCH3 is 1. The molecule has 0 aliphatic carbocycles. The van der Waals surface area contributed by atoms with Crippen molar-refractivity contribution in [2.75, 3.05) is 20.3 Å². The molecule has 1 aromatic heterocycles. The average Bonchev–Trinajstić information content (AvgIpc) is 2.81. The Morgan fingerprint density at radius 3 is 2.95 bits per heavy atom. The summed E-state index contributed by atoms with van der Waals surface area (Å²) < 4.78 is 20.3. The van der Waals surface area contributed by atoms with Gasteiger partial charge in [-0.3, -0.25) is 0 Å². The van der Waals surface area contributed by atoms with Crippen LogP contribution in [0.5, 0.6) is 0 Å². The van der Waals surface area contributed by atoms with E-state index in [9.17, 15) is 4.39 Å². The predicted molar refractivity (Wildman–Crippen MR) is 71.8 cm³/mol. The van der Waals surface area contributed by atoms with Gasteiger partial charge in [0.05, 0.1) is 12.3 Å². The summed E-state index contributed by atoms with van der Waals surface area (Å²) in [4.78, 5) is 4.20. The van der Waals surface area contributed by atoms with Crippen molar-refractivity contribution in [2.45, 2.75) is 13.5 Å². The van der Waals surface area contributed by atoms with E-state index in [1.807, 2.05) is 17.7 Å². The van der Waals surface area contributed by atoms with Crippen LogP contribution in [0.4, 0.5) is 4.39 Å². The first kappa shape index (κ1) is 13.7. The van der Waals surface area contributed by atoms with Crippen molar-refractivity contribution in [3.05, 3.63) is 47.8 Å². The molecule has 1 N–H and O–H groups in total. The molecule has 0 spiro atoms. The van der Waals surface area contributed by atoms with Crippen LogP contribution in [0.1, 0.15) is 11.4 Å². The maximum absolute atomic E-state index is 13.4. The van der Waals surface area contributed by atoms with Gasteiger partial charge in [0.15, 0.2) is 0 Å². The van der Waals surface area contributed by atoms with E-state index in [1.165, 1.54) is 6.07 Å². The number of nitrogens with one attached hydrogen (secondary N) is 1. The number of benzene rings is 1. The van der Waals surface area contributed by atoms with E-state index in [1.54, 1.807) is 25.4 Å². The van der Waals surface area contributed by atoms with E-state index in [0.29, 0.717) is 13.2 Å². The van der Waals surface area contributed by atoms with Crippen LogP contribution < -0.4 is 5.32 Å². The number of halogens is 1. The monoisotopic (exact) mass is 263 g/mol. The van der Waals surface area contributed by atoms with Crippen molar-refractivity contribution in [3.63, 3.8) is 0 Å². The Bertz CT molecular complexity index is 539. The van der Waals surface area contributed by atoms with Crippen LogP contribution in [0, 0.1) is 12.7 Å². The molecule has 0 saturated carbocycles. The molecule has 0 atom stereocenters. The Kier molecular flexibility index (Phi) is 4.65. The molecule has 2 aromatic rings. The standard InChI is InChI=1S/C14H18FN3O/c1-11-17-5-7-18(11)14-4-3-13(15)9-12(14)10-16-6-8-19-2/h3-5,7,9,16H,6,8,10H2,1-2H3. The van der Waals surface area contributed by atoms with Gasteiger partial charge in [0.2, 0.25) is 0 Å². The number of hydrogen-bond acceptors (Lipinski definition) is 3. The number of aryl methyl sites for hydroxylation is 1. The van der Waals surface area contributed by atoms with Crippen molar-refractivity contribution in [2.24, 2.45) is 0 Å². The normalized spacial score (nSPS) is 10.9. The van der Waals surface area contributed by atoms with E-state index in [2.05, 4.69) is 10.3 Å². The van der Waals surface area contributed by atoms with E-state index in [4.69, 9.17) is 4.74 Å². The first-order chi connectivity index (χ1) is 9.22. The number of hydrogen-bond donors (Lipinski definition) is 1. The summed E-state index contributed by atoms with van der Waals surface area (Å²) >= 11 is 0. The third kappa shape index (κ3) is 3.39. The Balaban J connectivity index is 2.21. The van der Waals surface area contributed by atoms with Crippen LogP contribution in [0.3, 0.4) is 0 Å². The lowest BCUT2D eigenvalue weighted by Crippen LogP contribution is -2.19. The number of aromatic nitrogens is 2. The van der Waals surface area contributed by atoms with Gasteiger partial charge in [-0.1, -0.05) is 0 Å². The Hall–Kier alpha value is -1.72. The third-order valence-corrected chi connectivity index (χ3v) is 2.93. The Morgan fingerprint density at radius 2 is 2.26 bits per heavy atom. The summed E-state index contributed by atoms with van der Waals surface area (Å²) in [7, 11) is 1.66. The molecule has 1 aromatic carbocycles. The zero-order chi connectivity index (χ0) is 13.7. The lowest BCUT2D eigenvalue weighted by atomic mass is 10.1. The van der Waals surface area contributed by atoms with Gasteiger partial charge >= 0.3 is 0 Å². The molecule has 0 fully saturated rings. The van der Waals surface area contributed by atoms with Gasteiger partial charge < -0.3 is 14.6 Å². The minimum absolute atomic E-state index is 0.231. The number of nitrogens with zero attached hydrogens (tertiary/aromatic N) is 2. The molecule has 4 nitrogen and oxygen atoms in total. The summed E-state index contributed by atoms with van der Waals surface area (Å²) in [6.45, 7) is 3.88. The van der Waals surface area contributed by atoms with Crippen LogP contribution in [0.25, 0.3) is 5.69 Å². The molecule has 2 rings (SSSR count). The fraction of sp³-hybridized carbons (Fsp3) is 0.357. The topological polar surface area (TPSA) is 39.1 Å². The molecule has 0 aliphatic heterocycles. The first-order valence-corrected chi connectivity index (χ1v) is 6.21. The minimum atomic E-state index is -0.231. The van der Waals surface area contributed by atoms with Gasteiger partial charge in [0.1, 0.15) is 11.6 Å². The zero-order valence-electron chi connectivity index (χ0n) is 11.2. The van der Waals surface area contributed by atoms with Gasteiger partial charge in [-0.15, -0.1) is 0 Å². The average molecular weight is 263 g/mol. The minimum Gasteiger partial charge on any atom is -0.383 e. The van der Waals surface area contributed by atoms with Gasteiger partial charge in [0, 0.05) is 32.6 Å². The fourth-order valence-electron chi connectivity index (χ4n) is 1.96. The highest BCUT2D eigenvalue weighted by Crippen LogP contribution is 2.17. The highest BCUT2D eigenvalue weighted by molar-refractivity contribution is 5.42. The van der Waals surface area contributed by atoms with E-state index in [0.717, 1.165) is 23.6 Å². The van der Waals surface area contributed by atoms with Crippen molar-refractivity contribution in [1.29, 1.82) is 0 Å². The van der Waals surface area contributed by atoms with E-state index < -0.39 is 0 Å². The van der Waals surface area contributed by atoms with Crippen LogP contribution in [0.15, 0.2) is 30.6 Å². The predicted octanol–water partition coefficient (Wildman–Crippen LogP) is 2.06. The molecule has 0 aliphatic rings. The maximum Gasteiger partial charge on any atom is 0.123 e. The van der Waals surface area contributed by atoms with Crippen molar-refractivity contribution < 1.29 is 9.13 Å². The van der Waals surface area contributed by atoms with Crippen molar-refractivity contribution in [3.8, 4) is 5.69 Å². The van der Waals surface area contributed by atoms with E-state index >= 15 is 0 Å². The molecule has 0 saturated heterocycles. The maximum atomic E-state index is 13.4. The molecular formula is C14H18FN3O. The summed E-state index contributed by atoms with van der Waals surface area (Å²) in [6, 6.07) is 4.79. The summed E-state index contributed by atoms with van der Waals surface area (Å²) in [5.74, 6) is 0.648. The summed E-state index contributed by atoms with van der Waals surface area (Å²) in [5.41, 5.74) is 1.85. The fourth-order valence-corrected chi connectivity index (χ4v) is 1.96. The molecule has 0 bridgehead atoms. The zero-order valence-corrected chi connectivity index (χ0v) is 11.2. The van der Waals surface area contributed by atoms with Crippen molar-refractivity contribution in [1.82, 2.24) is 14.9 Å². The highest BCUT2D eigenvalue weighted by atomic mass is 19.1.